The van der Waals surface area contributed by atoms with E-state index in [-0.39, 0.29) is 5.41 Å². The largest absolute Gasteiger partial charge is 0.493 e. The number of halogens is 1. The van der Waals surface area contributed by atoms with Gasteiger partial charge in [-0.05, 0) is 110 Å². The maximum Gasteiger partial charge on any atom is 0.329 e. The number of fused-ring (bicyclic) bond motifs is 3. The molecule has 3 N–H and O–H groups in total. The molecule has 1 heterocycles. The summed E-state index contributed by atoms with van der Waals surface area (Å²) in [6, 6.07) is 22.4. The molecule has 3 aromatic carbocycles. The Labute approximate surface area is 234 Å². The Bertz CT molecular complexity index is 1500. The van der Waals surface area contributed by atoms with Gasteiger partial charge < -0.3 is 20.1 Å². The summed E-state index contributed by atoms with van der Waals surface area (Å²) in [5.41, 5.74) is 4.85. The van der Waals surface area contributed by atoms with Gasteiger partial charge >= 0.3 is 5.97 Å². The van der Waals surface area contributed by atoms with E-state index in [1.807, 2.05) is 18.3 Å². The first kappa shape index (κ1) is 25.8. The number of carboxylic acids is 1. The maximum absolute atomic E-state index is 12.6. The van der Waals surface area contributed by atoms with Gasteiger partial charge in [0.05, 0.1) is 6.61 Å². The second-order valence-corrected chi connectivity index (χ2v) is 11.8. The summed E-state index contributed by atoms with van der Waals surface area (Å²) >= 11 is 6.19. The summed E-state index contributed by atoms with van der Waals surface area (Å²) in [5.74, 6) is 0.651. The van der Waals surface area contributed by atoms with Gasteiger partial charge in [0.2, 0.25) is 0 Å². The molecule has 1 aromatic heterocycles. The van der Waals surface area contributed by atoms with Crippen LogP contribution in [0.4, 0.5) is 5.69 Å². The quantitative estimate of drug-likeness (QED) is 0.198. The Balaban J connectivity index is 1.18. The number of anilines is 1. The van der Waals surface area contributed by atoms with Gasteiger partial charge in [-0.1, -0.05) is 48.0 Å². The first-order valence-electron chi connectivity index (χ1n) is 14.0. The summed E-state index contributed by atoms with van der Waals surface area (Å²) in [4.78, 5) is 15.9. The van der Waals surface area contributed by atoms with Crippen LogP contribution in [0.5, 0.6) is 5.75 Å². The number of aryl methyl sites for hydroxylation is 1. The fraction of sp³-hybridized carbons (Fsp3) is 0.364. The number of carbonyl (C=O) groups is 1. The zero-order chi connectivity index (χ0) is 27.0. The minimum atomic E-state index is -0.992. The van der Waals surface area contributed by atoms with E-state index in [0.717, 1.165) is 60.0 Å². The Morgan fingerprint density at radius 2 is 1.90 bits per heavy atom. The third-order valence-corrected chi connectivity index (χ3v) is 9.48. The van der Waals surface area contributed by atoms with Crippen LogP contribution >= 0.6 is 11.6 Å². The number of aliphatic carboxylic acids is 1. The van der Waals surface area contributed by atoms with Crippen molar-refractivity contribution < 1.29 is 14.6 Å². The molecule has 39 heavy (non-hydrogen) atoms. The molecular formula is C33H35ClN2O3. The molecule has 2 aliphatic rings. The topological polar surface area (TPSA) is 74.3 Å². The Kier molecular flexibility index (Phi) is 6.80. The molecule has 0 amide bonds. The van der Waals surface area contributed by atoms with Crippen molar-refractivity contribution in [3.05, 3.63) is 94.6 Å². The molecular weight excluding hydrogens is 508 g/mol. The normalized spacial score (nSPS) is 24.1. The van der Waals surface area contributed by atoms with E-state index in [0.29, 0.717) is 30.4 Å². The lowest BCUT2D eigenvalue weighted by Crippen LogP contribution is -2.53. The van der Waals surface area contributed by atoms with Crippen LogP contribution in [0.1, 0.15) is 55.2 Å². The van der Waals surface area contributed by atoms with E-state index in [4.69, 9.17) is 16.3 Å². The summed E-state index contributed by atoms with van der Waals surface area (Å²) < 4.78 is 6.34. The maximum atomic E-state index is 12.6. The fourth-order valence-corrected chi connectivity index (χ4v) is 7.38. The van der Waals surface area contributed by atoms with E-state index >= 15 is 0 Å². The number of H-pyrrole nitrogens is 1. The Morgan fingerprint density at radius 1 is 1.08 bits per heavy atom. The van der Waals surface area contributed by atoms with Crippen molar-refractivity contribution in [3.63, 3.8) is 0 Å². The molecule has 2 aliphatic carbocycles. The monoisotopic (exact) mass is 542 g/mol. The first-order valence-corrected chi connectivity index (χ1v) is 14.3. The van der Waals surface area contributed by atoms with Crippen LogP contribution in [-0.2, 0) is 16.6 Å². The number of aromatic amines is 1. The number of hydrogen-bond donors (Lipinski definition) is 3. The number of rotatable bonds is 8. The third kappa shape index (κ3) is 4.67. The second kappa shape index (κ2) is 10.3. The average molecular weight is 543 g/mol. The van der Waals surface area contributed by atoms with Gasteiger partial charge in [0.1, 0.15) is 11.3 Å². The van der Waals surface area contributed by atoms with Gasteiger partial charge in [0.25, 0.3) is 0 Å². The van der Waals surface area contributed by atoms with Gasteiger partial charge in [0.15, 0.2) is 0 Å². The van der Waals surface area contributed by atoms with Gasteiger partial charge in [-0.25, -0.2) is 4.79 Å². The lowest BCUT2D eigenvalue weighted by atomic mass is 9.60. The van der Waals surface area contributed by atoms with Gasteiger partial charge in [0, 0.05) is 27.8 Å². The number of carboxylic acid groups (broad SMARTS) is 1. The number of aromatic nitrogens is 1. The lowest BCUT2D eigenvalue weighted by molar-refractivity contribution is -0.144. The number of benzene rings is 3. The average Bonchev–Trinajstić information content (AvgIpc) is 3.52. The molecule has 0 bridgehead atoms. The predicted molar refractivity (Wildman–Crippen MR) is 157 cm³/mol. The van der Waals surface area contributed by atoms with E-state index in [1.54, 1.807) is 12.1 Å². The molecule has 202 valence electrons. The lowest BCUT2D eigenvalue weighted by Gasteiger charge is -2.47. The standard InChI is InChI=1S/C33H35ClN2O3/c1-22-11-12-29-27(13-18-35-29)30(22)39-19-5-7-24-20-23-6-2-3-10-28(23)32(24)14-16-33(17-15-32,31(37)38)36-26-9-4-8-25(34)21-26/h2-4,6,8-13,18,21,24,35-36H,5,7,14-17,19-20H2,1H3,(H,37,38). The van der Waals surface area contributed by atoms with Crippen molar-refractivity contribution in [1.82, 2.24) is 4.98 Å². The highest BCUT2D eigenvalue weighted by molar-refractivity contribution is 6.30. The highest BCUT2D eigenvalue weighted by atomic mass is 35.5. The summed E-state index contributed by atoms with van der Waals surface area (Å²) in [6.45, 7) is 2.77. The molecule has 0 radical (unpaired) electrons. The predicted octanol–water partition coefficient (Wildman–Crippen LogP) is 7.91. The number of hydrogen-bond acceptors (Lipinski definition) is 3. The van der Waals surface area contributed by atoms with Crippen LogP contribution in [0.2, 0.25) is 5.02 Å². The highest BCUT2D eigenvalue weighted by Gasteiger charge is 2.53. The van der Waals surface area contributed by atoms with Crippen molar-refractivity contribution in [3.8, 4) is 5.75 Å². The van der Waals surface area contributed by atoms with Crippen molar-refractivity contribution in [2.45, 2.75) is 62.8 Å². The fourth-order valence-electron chi connectivity index (χ4n) is 7.19. The van der Waals surface area contributed by atoms with Crippen LogP contribution < -0.4 is 10.1 Å². The van der Waals surface area contributed by atoms with Crippen molar-refractivity contribution in [2.75, 3.05) is 11.9 Å². The number of nitrogens with one attached hydrogen (secondary N) is 2. The summed E-state index contributed by atoms with van der Waals surface area (Å²) in [7, 11) is 0. The molecule has 6 heteroatoms. The summed E-state index contributed by atoms with van der Waals surface area (Å²) in [5, 5.41) is 15.5. The minimum absolute atomic E-state index is 0.00211. The molecule has 0 aliphatic heterocycles. The Hall–Kier alpha value is -3.44. The summed E-state index contributed by atoms with van der Waals surface area (Å²) in [6.07, 6.45) is 7.86. The molecule has 1 unspecified atom stereocenters. The smallest absolute Gasteiger partial charge is 0.329 e. The van der Waals surface area contributed by atoms with Gasteiger partial charge in [-0.15, -0.1) is 0 Å². The van der Waals surface area contributed by atoms with Crippen molar-refractivity contribution >= 4 is 34.2 Å². The molecule has 6 rings (SSSR count). The van der Waals surface area contributed by atoms with Crippen LogP contribution in [0.25, 0.3) is 10.9 Å². The van der Waals surface area contributed by atoms with Crippen LogP contribution in [0, 0.1) is 12.8 Å². The van der Waals surface area contributed by atoms with E-state index < -0.39 is 11.5 Å². The van der Waals surface area contributed by atoms with E-state index in [2.05, 4.69) is 59.7 Å². The second-order valence-electron chi connectivity index (χ2n) is 11.4. The molecule has 1 saturated carbocycles. The first-order chi connectivity index (χ1) is 18.9. The molecule has 1 fully saturated rings. The van der Waals surface area contributed by atoms with Crippen LogP contribution in [-0.4, -0.2) is 28.2 Å². The van der Waals surface area contributed by atoms with Gasteiger partial charge in [-0.2, -0.15) is 0 Å². The highest BCUT2D eigenvalue weighted by Crippen LogP contribution is 2.55. The molecule has 5 nitrogen and oxygen atoms in total. The van der Waals surface area contributed by atoms with Crippen LogP contribution in [0.15, 0.2) is 72.9 Å². The van der Waals surface area contributed by atoms with E-state index in [1.165, 1.54) is 11.1 Å². The zero-order valence-electron chi connectivity index (χ0n) is 22.3. The van der Waals surface area contributed by atoms with Crippen LogP contribution in [0.3, 0.4) is 0 Å². The Morgan fingerprint density at radius 3 is 2.69 bits per heavy atom. The van der Waals surface area contributed by atoms with Gasteiger partial charge in [-0.3, -0.25) is 0 Å². The zero-order valence-corrected chi connectivity index (χ0v) is 23.1. The van der Waals surface area contributed by atoms with E-state index in [9.17, 15) is 9.90 Å². The number of ether oxygens (including phenoxy) is 1. The molecule has 0 saturated heterocycles. The SMILES string of the molecule is Cc1ccc2[nH]ccc2c1OCCCC1Cc2ccccc2C12CCC(Nc1cccc(Cl)c1)(C(=O)O)CC2. The third-order valence-electron chi connectivity index (χ3n) is 9.24. The molecule has 4 aromatic rings. The molecule has 1 spiro atoms. The minimum Gasteiger partial charge on any atom is -0.493 e. The molecule has 1 atom stereocenters. The van der Waals surface area contributed by atoms with Crippen molar-refractivity contribution in [1.29, 1.82) is 0 Å². The van der Waals surface area contributed by atoms with Crippen molar-refractivity contribution in [2.24, 2.45) is 5.92 Å².